The first-order valence-corrected chi connectivity index (χ1v) is 11.2. The molecule has 2 rings (SSSR count). The first-order chi connectivity index (χ1) is 11.0. The standard InChI is InChI=1S/C17H22O4P2/c1-3-20-22(18,16-11-7-5-8-12-16)15-23(19,21-4-2)17-13-9-6-10-14-17/h5-14H,3-4,15H2,1-2H3. The van der Waals surface area contributed by atoms with Gasteiger partial charge < -0.3 is 9.05 Å². The molecule has 0 aliphatic carbocycles. The van der Waals surface area contributed by atoms with E-state index in [-0.39, 0.29) is 19.1 Å². The highest BCUT2D eigenvalue weighted by Crippen LogP contribution is 2.61. The molecule has 2 unspecified atom stereocenters. The molecular weight excluding hydrogens is 330 g/mol. The Morgan fingerprint density at radius 2 is 1.04 bits per heavy atom. The van der Waals surface area contributed by atoms with E-state index in [0.29, 0.717) is 10.6 Å². The second-order valence-electron chi connectivity index (χ2n) is 4.99. The van der Waals surface area contributed by atoms with Gasteiger partial charge in [-0.25, -0.2) is 0 Å². The van der Waals surface area contributed by atoms with Crippen LogP contribution in [0.3, 0.4) is 0 Å². The normalized spacial score (nSPS) is 16.4. The van der Waals surface area contributed by atoms with Gasteiger partial charge >= 0.3 is 0 Å². The van der Waals surface area contributed by atoms with Crippen molar-refractivity contribution in [2.75, 3.05) is 19.1 Å². The highest BCUT2D eigenvalue weighted by atomic mass is 31.2. The second kappa shape index (κ2) is 8.08. The molecule has 2 aromatic rings. The summed E-state index contributed by atoms with van der Waals surface area (Å²) < 4.78 is 38.0. The van der Waals surface area contributed by atoms with E-state index in [2.05, 4.69) is 0 Å². The maximum absolute atomic E-state index is 13.4. The molecule has 0 aromatic heterocycles. The Morgan fingerprint density at radius 3 is 1.35 bits per heavy atom. The lowest BCUT2D eigenvalue weighted by atomic mass is 10.4. The van der Waals surface area contributed by atoms with E-state index in [1.54, 1.807) is 62.4 Å². The Hall–Kier alpha value is -1.18. The van der Waals surface area contributed by atoms with Crippen LogP contribution in [0.2, 0.25) is 0 Å². The predicted molar refractivity (Wildman–Crippen MR) is 95.5 cm³/mol. The van der Waals surface area contributed by atoms with Gasteiger partial charge in [0, 0.05) is 10.6 Å². The topological polar surface area (TPSA) is 52.6 Å². The molecule has 0 saturated heterocycles. The van der Waals surface area contributed by atoms with E-state index in [9.17, 15) is 9.13 Å². The maximum Gasteiger partial charge on any atom is 0.241 e. The molecule has 0 aliphatic rings. The van der Waals surface area contributed by atoms with Crippen LogP contribution in [0.4, 0.5) is 0 Å². The second-order valence-corrected chi connectivity index (χ2v) is 10.4. The summed E-state index contributed by atoms with van der Waals surface area (Å²) in [6.45, 7) is 4.13. The summed E-state index contributed by atoms with van der Waals surface area (Å²) >= 11 is 0. The van der Waals surface area contributed by atoms with E-state index < -0.39 is 14.7 Å². The molecule has 23 heavy (non-hydrogen) atoms. The first-order valence-electron chi connectivity index (χ1n) is 7.62. The van der Waals surface area contributed by atoms with Gasteiger partial charge in [0.05, 0.1) is 13.2 Å². The van der Waals surface area contributed by atoms with Crippen molar-refractivity contribution < 1.29 is 18.2 Å². The van der Waals surface area contributed by atoms with Gasteiger partial charge in [0.25, 0.3) is 0 Å². The van der Waals surface area contributed by atoms with Crippen molar-refractivity contribution >= 4 is 25.3 Å². The van der Waals surface area contributed by atoms with Gasteiger partial charge in [0.1, 0.15) is 5.90 Å². The van der Waals surface area contributed by atoms with E-state index in [4.69, 9.17) is 9.05 Å². The van der Waals surface area contributed by atoms with Crippen LogP contribution >= 0.6 is 14.7 Å². The highest BCUT2D eigenvalue weighted by Gasteiger charge is 2.38. The summed E-state index contributed by atoms with van der Waals surface area (Å²) in [6.07, 6.45) is 0. The van der Waals surface area contributed by atoms with Crippen LogP contribution in [0.5, 0.6) is 0 Å². The Kier molecular flexibility index (Phi) is 6.38. The molecular formula is C17H22O4P2. The summed E-state index contributed by atoms with van der Waals surface area (Å²) in [5.41, 5.74) is 0. The van der Waals surface area contributed by atoms with Crippen molar-refractivity contribution in [1.82, 2.24) is 0 Å². The molecule has 0 saturated carbocycles. The SMILES string of the molecule is CCOP(=O)(CP(=O)(OCC)c1ccccc1)c1ccccc1. The summed E-state index contributed by atoms with van der Waals surface area (Å²) in [7, 11) is -6.55. The van der Waals surface area contributed by atoms with Gasteiger partial charge in [0.2, 0.25) is 14.7 Å². The van der Waals surface area contributed by atoms with E-state index in [1.807, 2.05) is 12.1 Å². The Balaban J connectivity index is 2.44. The Bertz CT molecular complexity index is 640. The van der Waals surface area contributed by atoms with Crippen LogP contribution in [0.25, 0.3) is 0 Å². The van der Waals surface area contributed by atoms with Crippen molar-refractivity contribution in [1.29, 1.82) is 0 Å². The molecule has 0 amide bonds. The zero-order valence-electron chi connectivity index (χ0n) is 13.4. The lowest BCUT2D eigenvalue weighted by molar-refractivity contribution is 0.331. The third-order valence-corrected chi connectivity index (χ3v) is 9.85. The fourth-order valence-electron chi connectivity index (χ4n) is 2.37. The number of benzene rings is 2. The molecule has 0 radical (unpaired) electrons. The molecule has 0 spiro atoms. The summed E-state index contributed by atoms with van der Waals surface area (Å²) in [5.74, 6) is -0.129. The molecule has 0 N–H and O–H groups in total. The average Bonchev–Trinajstić information content (AvgIpc) is 2.57. The van der Waals surface area contributed by atoms with Gasteiger partial charge in [-0.05, 0) is 38.1 Å². The molecule has 0 fully saturated rings. The molecule has 0 heterocycles. The Morgan fingerprint density at radius 1 is 0.696 bits per heavy atom. The fourth-order valence-corrected chi connectivity index (χ4v) is 8.67. The van der Waals surface area contributed by atoms with Gasteiger partial charge in [-0.15, -0.1) is 0 Å². The highest BCUT2D eigenvalue weighted by molar-refractivity contribution is 7.83. The Labute approximate surface area is 137 Å². The third kappa shape index (κ3) is 4.43. The van der Waals surface area contributed by atoms with Gasteiger partial charge in [-0.3, -0.25) is 9.13 Å². The summed E-state index contributed by atoms with van der Waals surface area (Å²) in [4.78, 5) is 0. The molecule has 124 valence electrons. The van der Waals surface area contributed by atoms with E-state index >= 15 is 0 Å². The van der Waals surface area contributed by atoms with Gasteiger partial charge in [0.15, 0.2) is 0 Å². The quantitative estimate of drug-likeness (QED) is 0.668. The number of hydrogen-bond acceptors (Lipinski definition) is 4. The van der Waals surface area contributed by atoms with Crippen LogP contribution in [-0.4, -0.2) is 19.1 Å². The lowest BCUT2D eigenvalue weighted by Gasteiger charge is -2.24. The van der Waals surface area contributed by atoms with Crippen molar-refractivity contribution in [3.63, 3.8) is 0 Å². The van der Waals surface area contributed by atoms with Crippen molar-refractivity contribution in [2.45, 2.75) is 13.8 Å². The molecule has 4 nitrogen and oxygen atoms in total. The molecule has 2 atom stereocenters. The summed E-state index contributed by atoms with van der Waals surface area (Å²) in [6, 6.07) is 17.9. The maximum atomic E-state index is 13.4. The van der Waals surface area contributed by atoms with Crippen LogP contribution < -0.4 is 10.6 Å². The van der Waals surface area contributed by atoms with E-state index in [1.165, 1.54) is 0 Å². The smallest absolute Gasteiger partial charge is 0.241 e. The minimum atomic E-state index is -3.28. The molecule has 0 aliphatic heterocycles. The zero-order chi connectivity index (χ0) is 16.8. The zero-order valence-corrected chi connectivity index (χ0v) is 15.2. The molecule has 0 bridgehead atoms. The monoisotopic (exact) mass is 352 g/mol. The average molecular weight is 352 g/mol. The number of hydrogen-bond donors (Lipinski definition) is 0. The van der Waals surface area contributed by atoms with E-state index in [0.717, 1.165) is 0 Å². The third-order valence-electron chi connectivity index (χ3n) is 3.35. The minimum absolute atomic E-state index is 0.129. The van der Waals surface area contributed by atoms with Crippen molar-refractivity contribution in [3.8, 4) is 0 Å². The molecule has 6 heteroatoms. The van der Waals surface area contributed by atoms with Crippen LogP contribution in [0.15, 0.2) is 60.7 Å². The molecule has 2 aromatic carbocycles. The van der Waals surface area contributed by atoms with Crippen molar-refractivity contribution in [2.24, 2.45) is 0 Å². The number of rotatable bonds is 8. The van der Waals surface area contributed by atoms with Crippen LogP contribution in [0, 0.1) is 0 Å². The minimum Gasteiger partial charge on any atom is -0.325 e. The van der Waals surface area contributed by atoms with Gasteiger partial charge in [-0.2, -0.15) is 0 Å². The first kappa shape index (κ1) is 18.2. The van der Waals surface area contributed by atoms with Crippen LogP contribution in [0.1, 0.15) is 13.8 Å². The van der Waals surface area contributed by atoms with Crippen LogP contribution in [-0.2, 0) is 18.2 Å². The fraction of sp³-hybridized carbons (Fsp3) is 0.294. The largest absolute Gasteiger partial charge is 0.325 e. The summed E-state index contributed by atoms with van der Waals surface area (Å²) in [5, 5.41) is 1.13. The van der Waals surface area contributed by atoms with Crippen molar-refractivity contribution in [3.05, 3.63) is 60.7 Å². The van der Waals surface area contributed by atoms with Gasteiger partial charge in [-0.1, -0.05) is 36.4 Å². The predicted octanol–water partition coefficient (Wildman–Crippen LogP) is 4.22. The lowest BCUT2D eigenvalue weighted by Crippen LogP contribution is -2.16.